The number of nitriles is 1. The monoisotopic (exact) mass is 615 g/mol. The van der Waals surface area contributed by atoms with E-state index in [-0.39, 0.29) is 28.9 Å². The second kappa shape index (κ2) is 13.1. The molecule has 2 saturated heterocycles. The molecule has 222 valence electrons. The third-order valence-electron chi connectivity index (χ3n) is 8.12. The second-order valence-corrected chi connectivity index (χ2v) is 12.4. The van der Waals surface area contributed by atoms with E-state index in [4.69, 9.17) is 12.2 Å². The molecule has 2 aromatic carbocycles. The van der Waals surface area contributed by atoms with Crippen LogP contribution in [-0.4, -0.2) is 45.9 Å². The molecule has 10 heteroatoms. The number of hydrogen-bond donors (Lipinski definition) is 0. The van der Waals surface area contributed by atoms with Crippen molar-refractivity contribution in [3.63, 3.8) is 0 Å². The number of amides is 1. The van der Waals surface area contributed by atoms with Crippen molar-refractivity contribution in [1.29, 1.82) is 5.26 Å². The minimum absolute atomic E-state index is 0.0734. The highest BCUT2D eigenvalue weighted by Crippen LogP contribution is 2.40. The van der Waals surface area contributed by atoms with Crippen molar-refractivity contribution in [3.8, 4) is 6.07 Å². The smallest absolute Gasteiger partial charge is 0.270 e. The van der Waals surface area contributed by atoms with Gasteiger partial charge in [0.1, 0.15) is 27.6 Å². The fourth-order valence-electron chi connectivity index (χ4n) is 5.70. The Morgan fingerprint density at radius 3 is 2.35 bits per heavy atom. The van der Waals surface area contributed by atoms with Crippen molar-refractivity contribution in [2.75, 3.05) is 36.0 Å². The minimum atomic E-state index is -0.331. The molecule has 0 bridgehead atoms. The second-order valence-electron chi connectivity index (χ2n) is 10.7. The lowest BCUT2D eigenvalue weighted by atomic mass is 10.0. The van der Waals surface area contributed by atoms with Crippen molar-refractivity contribution in [2.24, 2.45) is 0 Å². The number of thiocarbonyl (C=S) groups is 1. The van der Waals surface area contributed by atoms with E-state index in [0.29, 0.717) is 64.6 Å². The molecular formula is C33H34FN5O2S2. The maximum atomic E-state index is 14.6. The number of para-hydroxylation sites is 1. The largest absolute Gasteiger partial charge is 0.366 e. The Morgan fingerprint density at radius 1 is 1.05 bits per heavy atom. The summed E-state index contributed by atoms with van der Waals surface area (Å²) in [4.78, 5) is 33.7. The minimum Gasteiger partial charge on any atom is -0.366 e. The molecule has 1 aromatic heterocycles. The number of unbranched alkanes of at least 4 members (excludes halogenated alkanes) is 1. The first kappa shape index (κ1) is 30.5. The van der Waals surface area contributed by atoms with Gasteiger partial charge in [-0.3, -0.25) is 19.1 Å². The molecule has 1 atom stereocenters. The van der Waals surface area contributed by atoms with Gasteiger partial charge < -0.3 is 9.80 Å². The summed E-state index contributed by atoms with van der Waals surface area (Å²) in [5, 5.41) is 10.0. The zero-order valence-corrected chi connectivity index (χ0v) is 26.2. The van der Waals surface area contributed by atoms with Crippen molar-refractivity contribution < 1.29 is 9.18 Å². The quantitative estimate of drug-likeness (QED) is 0.219. The number of benzene rings is 2. The molecule has 3 heterocycles. The van der Waals surface area contributed by atoms with E-state index in [9.17, 15) is 19.2 Å². The molecule has 7 nitrogen and oxygen atoms in total. The maximum Gasteiger partial charge on any atom is 0.270 e. The number of carbonyl (C=O) groups excluding carboxylic acids is 1. The zero-order valence-electron chi connectivity index (χ0n) is 24.5. The summed E-state index contributed by atoms with van der Waals surface area (Å²) in [5.41, 5.74) is 2.47. The van der Waals surface area contributed by atoms with Crippen LogP contribution >= 0.6 is 24.0 Å². The van der Waals surface area contributed by atoms with Crippen LogP contribution in [0.3, 0.4) is 0 Å². The van der Waals surface area contributed by atoms with Crippen LogP contribution in [0.5, 0.6) is 0 Å². The summed E-state index contributed by atoms with van der Waals surface area (Å²) in [5.74, 6) is 0.216. The van der Waals surface area contributed by atoms with Crippen LogP contribution in [0.15, 0.2) is 64.3 Å². The van der Waals surface area contributed by atoms with Crippen LogP contribution in [0.1, 0.15) is 55.0 Å². The number of rotatable bonds is 8. The summed E-state index contributed by atoms with van der Waals surface area (Å²) >= 11 is 6.91. The number of thioether (sulfide) groups is 1. The highest BCUT2D eigenvalue weighted by Gasteiger charge is 2.37. The summed E-state index contributed by atoms with van der Waals surface area (Å²) in [6, 6.07) is 18.3. The first-order chi connectivity index (χ1) is 20.8. The number of aromatic nitrogens is 1. The molecule has 2 aliphatic heterocycles. The van der Waals surface area contributed by atoms with Crippen molar-refractivity contribution in [1.82, 2.24) is 9.47 Å². The molecule has 43 heavy (non-hydrogen) atoms. The number of carbonyl (C=O) groups is 1. The number of piperazine rings is 1. The fourth-order valence-corrected chi connectivity index (χ4v) is 7.10. The van der Waals surface area contributed by atoms with Crippen LogP contribution in [0.4, 0.5) is 15.9 Å². The van der Waals surface area contributed by atoms with E-state index in [1.54, 1.807) is 34.6 Å². The highest BCUT2D eigenvalue weighted by molar-refractivity contribution is 8.26. The van der Waals surface area contributed by atoms with Gasteiger partial charge in [-0.25, -0.2) is 4.39 Å². The number of hydrogen-bond acceptors (Lipinski definition) is 7. The van der Waals surface area contributed by atoms with Crippen LogP contribution < -0.4 is 15.4 Å². The van der Waals surface area contributed by atoms with Gasteiger partial charge in [0.25, 0.3) is 11.5 Å². The molecule has 0 saturated carbocycles. The molecule has 2 aliphatic rings. The van der Waals surface area contributed by atoms with Gasteiger partial charge in [-0.15, -0.1) is 0 Å². The first-order valence-electron chi connectivity index (χ1n) is 14.5. The number of halogens is 1. The van der Waals surface area contributed by atoms with Crippen molar-refractivity contribution in [3.05, 3.63) is 97.9 Å². The topological polar surface area (TPSA) is 72.6 Å². The van der Waals surface area contributed by atoms with E-state index in [0.717, 1.165) is 18.4 Å². The standard InChI is InChI=1S/C33H34FN5O2S2/c1-4-5-15-38-30(37-18-16-36(17-19-37)28-14-10-9-13-27(28)34)25(22(2)26(21-35)31(38)40)20-29-32(41)39(33(42)43-29)23(3)24-11-7-6-8-12-24/h6-14,20,23H,4-5,15-19H2,1-3H3/b29-20-. The van der Waals surface area contributed by atoms with Gasteiger partial charge in [0, 0.05) is 38.3 Å². The third-order valence-corrected chi connectivity index (χ3v) is 9.45. The third kappa shape index (κ3) is 5.97. The molecule has 0 radical (unpaired) electrons. The predicted octanol–water partition coefficient (Wildman–Crippen LogP) is 6.26. The van der Waals surface area contributed by atoms with E-state index >= 15 is 0 Å². The van der Waals surface area contributed by atoms with Crippen molar-refractivity contribution in [2.45, 2.75) is 46.2 Å². The summed E-state index contributed by atoms with van der Waals surface area (Å²) in [6.07, 6.45) is 3.42. The van der Waals surface area contributed by atoms with Crippen LogP contribution in [0.25, 0.3) is 6.08 Å². The lowest BCUT2D eigenvalue weighted by Crippen LogP contribution is -2.49. The number of pyridine rings is 1. The number of anilines is 2. The average Bonchev–Trinajstić information content (AvgIpc) is 3.30. The zero-order chi connectivity index (χ0) is 30.7. The molecule has 2 fully saturated rings. The molecule has 0 N–H and O–H groups in total. The fraction of sp³-hybridized carbons (Fsp3) is 0.333. The van der Waals surface area contributed by atoms with Gasteiger partial charge in [-0.1, -0.05) is 79.8 Å². The Bertz CT molecular complexity index is 1670. The van der Waals surface area contributed by atoms with E-state index in [2.05, 4.69) is 17.9 Å². The van der Waals surface area contributed by atoms with E-state index in [1.165, 1.54) is 17.8 Å². The molecule has 5 rings (SSSR count). The lowest BCUT2D eigenvalue weighted by Gasteiger charge is -2.39. The average molecular weight is 616 g/mol. The van der Waals surface area contributed by atoms with E-state index in [1.807, 2.05) is 48.2 Å². The van der Waals surface area contributed by atoms with Gasteiger partial charge in [0.2, 0.25) is 0 Å². The Hall–Kier alpha value is -3.94. The molecular weight excluding hydrogens is 582 g/mol. The summed E-state index contributed by atoms with van der Waals surface area (Å²) in [6.45, 7) is 8.40. The van der Waals surface area contributed by atoms with Crippen LogP contribution in [0.2, 0.25) is 0 Å². The summed E-state index contributed by atoms with van der Waals surface area (Å²) in [7, 11) is 0. The molecule has 1 unspecified atom stereocenters. The van der Waals surface area contributed by atoms with Gasteiger partial charge in [-0.2, -0.15) is 5.26 Å². The van der Waals surface area contributed by atoms with Gasteiger partial charge in [-0.05, 0) is 49.6 Å². The Morgan fingerprint density at radius 2 is 1.70 bits per heavy atom. The SMILES string of the molecule is CCCCn1c(N2CCN(c3ccccc3F)CC2)c(/C=C2\SC(=S)N(C(C)c3ccccc3)C2=O)c(C)c(C#N)c1=O. The van der Waals surface area contributed by atoms with Gasteiger partial charge in [0.05, 0.1) is 16.6 Å². The van der Waals surface area contributed by atoms with E-state index < -0.39 is 0 Å². The van der Waals surface area contributed by atoms with Crippen LogP contribution in [-0.2, 0) is 11.3 Å². The summed E-state index contributed by atoms with van der Waals surface area (Å²) < 4.78 is 16.7. The Kier molecular flexibility index (Phi) is 9.33. The molecule has 0 aliphatic carbocycles. The lowest BCUT2D eigenvalue weighted by molar-refractivity contribution is -0.123. The maximum absolute atomic E-state index is 14.6. The van der Waals surface area contributed by atoms with Crippen molar-refractivity contribution >= 4 is 51.8 Å². The first-order valence-corrected chi connectivity index (χ1v) is 15.7. The normalized spacial score (nSPS) is 17.1. The predicted molar refractivity (Wildman–Crippen MR) is 176 cm³/mol. The number of nitrogens with zero attached hydrogens (tertiary/aromatic N) is 5. The van der Waals surface area contributed by atoms with Gasteiger partial charge >= 0.3 is 0 Å². The highest BCUT2D eigenvalue weighted by atomic mass is 32.2. The van der Waals surface area contributed by atoms with Gasteiger partial charge in [0.15, 0.2) is 0 Å². The Balaban J connectivity index is 1.57. The molecule has 1 amide bonds. The molecule has 3 aromatic rings. The van der Waals surface area contributed by atoms with Crippen LogP contribution in [0, 0.1) is 24.1 Å². The molecule has 0 spiro atoms. The Labute approximate surface area is 261 Å².